The fourth-order valence-corrected chi connectivity index (χ4v) is 6.70. The zero-order chi connectivity index (χ0) is 25.1. The number of phenols is 2. The number of carbonyl (C=O) groups is 1. The molecule has 2 aliphatic rings. The molecule has 1 heterocycles. The number of hydrogen-bond donors (Lipinski definition) is 2. The van der Waals surface area contributed by atoms with Crippen molar-refractivity contribution < 1.29 is 19.7 Å². The Labute approximate surface area is 212 Å². The van der Waals surface area contributed by atoms with Gasteiger partial charge in [0.1, 0.15) is 11.5 Å². The number of esters is 1. The second-order valence-corrected chi connectivity index (χ2v) is 9.92. The maximum Gasteiger partial charge on any atom is 0.340 e. The van der Waals surface area contributed by atoms with Crippen LogP contribution < -0.4 is 0 Å². The van der Waals surface area contributed by atoms with Crippen molar-refractivity contribution in [3.8, 4) is 22.6 Å². The maximum atomic E-state index is 13.7. The minimum Gasteiger partial charge on any atom is -0.507 e. The molecule has 1 aliphatic heterocycles. The summed E-state index contributed by atoms with van der Waals surface area (Å²) in [5.74, 6) is -0.378. The highest BCUT2D eigenvalue weighted by molar-refractivity contribution is 6.13. The number of fused-ring (bicyclic) bond motifs is 8. The largest absolute Gasteiger partial charge is 0.507 e. The number of rotatable bonds is 0. The third-order valence-electron chi connectivity index (χ3n) is 8.19. The topological polar surface area (TPSA) is 66.8 Å². The van der Waals surface area contributed by atoms with E-state index in [1.54, 1.807) is 6.07 Å². The molecule has 1 atom stereocenters. The molecule has 0 bridgehead atoms. The predicted molar refractivity (Wildman–Crippen MR) is 144 cm³/mol. The monoisotopic (exact) mass is 480 g/mol. The predicted octanol–water partition coefficient (Wildman–Crippen LogP) is 7.31. The molecule has 1 unspecified atom stereocenters. The third kappa shape index (κ3) is 2.27. The van der Waals surface area contributed by atoms with Crippen LogP contribution in [0, 0.1) is 6.92 Å². The minimum atomic E-state index is -1.51. The van der Waals surface area contributed by atoms with Gasteiger partial charge in [-0.25, -0.2) is 4.79 Å². The number of aryl methyl sites for hydroxylation is 1. The second kappa shape index (κ2) is 6.68. The molecule has 1 spiro atoms. The Bertz CT molecular complexity index is 2010. The molecule has 1 aliphatic carbocycles. The van der Waals surface area contributed by atoms with Gasteiger partial charge in [-0.15, -0.1) is 0 Å². The third-order valence-corrected chi connectivity index (χ3v) is 8.19. The average Bonchev–Trinajstić information content (AvgIpc) is 3.21. The number of ether oxygens (including phenoxy) is 1. The van der Waals surface area contributed by atoms with Crippen LogP contribution in [0.2, 0.25) is 0 Å². The smallest absolute Gasteiger partial charge is 0.340 e. The Balaban J connectivity index is 1.68. The van der Waals surface area contributed by atoms with Crippen LogP contribution in [-0.4, -0.2) is 16.2 Å². The van der Waals surface area contributed by atoms with Crippen LogP contribution in [0.4, 0.5) is 0 Å². The Morgan fingerprint density at radius 1 is 0.676 bits per heavy atom. The number of aromatic hydroxyl groups is 2. The Hall–Kier alpha value is -4.83. The van der Waals surface area contributed by atoms with E-state index in [0.717, 1.165) is 43.8 Å². The highest BCUT2D eigenvalue weighted by atomic mass is 16.6. The highest BCUT2D eigenvalue weighted by Crippen LogP contribution is 2.64. The van der Waals surface area contributed by atoms with Gasteiger partial charge in [-0.3, -0.25) is 0 Å². The standard InChI is InChI=1S/C33H20O4/c1-17-20-11-4-5-13-22(20)31(35)29-26(17)24-16-19-8-2-3-12-21(19)30(34)28(24)33(29)25-15-7-10-18-9-6-14-23(27(18)25)32(36)37-33/h2-16,34-35H,1H3. The zero-order valence-corrected chi connectivity index (χ0v) is 19.9. The molecule has 0 radical (unpaired) electrons. The van der Waals surface area contributed by atoms with E-state index in [9.17, 15) is 15.0 Å². The molecule has 0 fully saturated rings. The van der Waals surface area contributed by atoms with Gasteiger partial charge in [0.2, 0.25) is 0 Å². The first-order chi connectivity index (χ1) is 18.0. The normalized spacial score (nSPS) is 17.4. The summed E-state index contributed by atoms with van der Waals surface area (Å²) in [5, 5.41) is 28.6. The van der Waals surface area contributed by atoms with E-state index in [1.165, 1.54) is 0 Å². The van der Waals surface area contributed by atoms with E-state index in [-0.39, 0.29) is 11.5 Å². The van der Waals surface area contributed by atoms with Gasteiger partial charge in [-0.2, -0.15) is 0 Å². The fraction of sp³-hybridized carbons (Fsp3) is 0.0606. The zero-order valence-electron chi connectivity index (χ0n) is 19.9. The quantitative estimate of drug-likeness (QED) is 0.224. The molecule has 0 amide bonds. The Morgan fingerprint density at radius 3 is 2.14 bits per heavy atom. The summed E-state index contributed by atoms with van der Waals surface area (Å²) in [4.78, 5) is 13.7. The molecular formula is C33H20O4. The SMILES string of the molecule is Cc1c2c(c(O)c3ccccc13)C1(OC(=O)c3cccc4cccc1c34)c1c-2cc2ccccc2c1O. The Kier molecular flexibility index (Phi) is 3.68. The second-order valence-electron chi connectivity index (χ2n) is 9.92. The summed E-state index contributed by atoms with van der Waals surface area (Å²) in [6, 6.07) is 28.8. The number of phenolic OH excluding ortho intramolecular Hbond substituents is 2. The van der Waals surface area contributed by atoms with E-state index in [2.05, 4.69) is 0 Å². The van der Waals surface area contributed by atoms with Gasteiger partial charge >= 0.3 is 5.97 Å². The summed E-state index contributed by atoms with van der Waals surface area (Å²) in [6.45, 7) is 2.02. The van der Waals surface area contributed by atoms with E-state index < -0.39 is 11.6 Å². The average molecular weight is 481 g/mol. The van der Waals surface area contributed by atoms with E-state index in [1.807, 2.05) is 91.9 Å². The van der Waals surface area contributed by atoms with Crippen LogP contribution in [0.3, 0.4) is 0 Å². The lowest BCUT2D eigenvalue weighted by atomic mass is 9.77. The van der Waals surface area contributed by atoms with Crippen molar-refractivity contribution >= 4 is 38.3 Å². The first kappa shape index (κ1) is 20.4. The molecule has 0 saturated heterocycles. The fourth-order valence-electron chi connectivity index (χ4n) is 6.70. The van der Waals surface area contributed by atoms with Crippen molar-refractivity contribution in [2.24, 2.45) is 0 Å². The maximum absolute atomic E-state index is 13.7. The van der Waals surface area contributed by atoms with Gasteiger partial charge in [0.05, 0.1) is 16.7 Å². The highest BCUT2D eigenvalue weighted by Gasteiger charge is 2.56. The molecule has 8 rings (SSSR count). The summed E-state index contributed by atoms with van der Waals surface area (Å²) >= 11 is 0. The molecule has 37 heavy (non-hydrogen) atoms. The van der Waals surface area contributed by atoms with E-state index in [0.29, 0.717) is 27.5 Å². The summed E-state index contributed by atoms with van der Waals surface area (Å²) in [6.07, 6.45) is 0. The molecule has 6 aromatic rings. The number of benzene rings is 6. The van der Waals surface area contributed by atoms with Crippen molar-refractivity contribution in [1.82, 2.24) is 0 Å². The molecule has 2 N–H and O–H groups in total. The van der Waals surface area contributed by atoms with Gasteiger partial charge in [0, 0.05) is 21.7 Å². The van der Waals surface area contributed by atoms with Gasteiger partial charge in [-0.05, 0) is 51.9 Å². The van der Waals surface area contributed by atoms with Gasteiger partial charge in [0.15, 0.2) is 5.60 Å². The van der Waals surface area contributed by atoms with Crippen molar-refractivity contribution in [2.45, 2.75) is 12.5 Å². The first-order valence-electron chi connectivity index (χ1n) is 12.3. The van der Waals surface area contributed by atoms with Crippen LogP contribution in [0.25, 0.3) is 43.4 Å². The summed E-state index contributed by atoms with van der Waals surface area (Å²) in [7, 11) is 0. The molecular weight excluding hydrogens is 460 g/mol. The van der Waals surface area contributed by atoms with Crippen molar-refractivity contribution in [3.63, 3.8) is 0 Å². The first-order valence-corrected chi connectivity index (χ1v) is 12.3. The van der Waals surface area contributed by atoms with Crippen molar-refractivity contribution in [1.29, 1.82) is 0 Å². The van der Waals surface area contributed by atoms with E-state index in [4.69, 9.17) is 4.74 Å². The molecule has 176 valence electrons. The van der Waals surface area contributed by atoms with Crippen LogP contribution in [0.5, 0.6) is 11.5 Å². The summed E-state index contributed by atoms with van der Waals surface area (Å²) in [5.41, 5.74) is 3.19. The van der Waals surface area contributed by atoms with Crippen LogP contribution in [0.15, 0.2) is 91.0 Å². The molecule has 4 heteroatoms. The Morgan fingerprint density at radius 2 is 1.32 bits per heavy atom. The van der Waals surface area contributed by atoms with Gasteiger partial charge in [0.25, 0.3) is 0 Å². The van der Waals surface area contributed by atoms with Crippen LogP contribution in [-0.2, 0) is 10.3 Å². The lowest BCUT2D eigenvalue weighted by molar-refractivity contribution is 0.0129. The molecule has 6 aromatic carbocycles. The molecule has 4 nitrogen and oxygen atoms in total. The van der Waals surface area contributed by atoms with E-state index >= 15 is 0 Å². The number of hydrogen-bond acceptors (Lipinski definition) is 4. The van der Waals surface area contributed by atoms with Crippen molar-refractivity contribution in [2.75, 3.05) is 0 Å². The van der Waals surface area contributed by atoms with Crippen molar-refractivity contribution in [3.05, 3.63) is 119 Å². The van der Waals surface area contributed by atoms with Crippen LogP contribution >= 0.6 is 0 Å². The van der Waals surface area contributed by atoms with Crippen LogP contribution in [0.1, 0.15) is 32.6 Å². The van der Waals surface area contributed by atoms with Gasteiger partial charge in [-0.1, -0.05) is 78.9 Å². The molecule has 0 saturated carbocycles. The lowest BCUT2D eigenvalue weighted by Crippen LogP contribution is -2.37. The number of carbonyl (C=O) groups excluding carboxylic acids is 1. The molecule has 0 aromatic heterocycles. The van der Waals surface area contributed by atoms with Gasteiger partial charge < -0.3 is 14.9 Å². The lowest BCUT2D eigenvalue weighted by Gasteiger charge is -2.37. The summed E-state index contributed by atoms with van der Waals surface area (Å²) < 4.78 is 6.46. The minimum absolute atomic E-state index is 0.0522.